The Morgan fingerprint density at radius 2 is 1.68 bits per heavy atom. The standard InChI is InChI=1S/C27H32N2O5/c1-5-12-21(17-28-25(31)34-27(2,3)4)24(30)29-22(18-33-26(29)32)23(19-13-8-6-9-14-19)20-15-10-7-11-16-20/h5-11,13-16,21-23H,1,12,17-18H2,2-4H3,(H,28,31)/t21-,22-/m0/s1. The van der Waals surface area contributed by atoms with Crippen LogP contribution in [0.25, 0.3) is 0 Å². The van der Waals surface area contributed by atoms with Crippen LogP contribution in [-0.4, -0.2) is 47.8 Å². The third-order valence-electron chi connectivity index (χ3n) is 5.54. The number of alkyl carbamates (subject to hydrolysis) is 1. The minimum absolute atomic E-state index is 0.0115. The van der Waals surface area contributed by atoms with Crippen LogP contribution in [0.4, 0.5) is 9.59 Å². The fraction of sp³-hybridized carbons (Fsp3) is 0.370. The Hall–Kier alpha value is -3.61. The molecule has 1 fully saturated rings. The maximum absolute atomic E-state index is 13.6. The molecule has 34 heavy (non-hydrogen) atoms. The molecule has 0 radical (unpaired) electrons. The summed E-state index contributed by atoms with van der Waals surface area (Å²) in [7, 11) is 0. The van der Waals surface area contributed by atoms with Gasteiger partial charge in [-0.2, -0.15) is 0 Å². The van der Waals surface area contributed by atoms with Crippen molar-refractivity contribution in [2.45, 2.75) is 44.8 Å². The second-order valence-corrected chi connectivity index (χ2v) is 9.26. The van der Waals surface area contributed by atoms with E-state index in [-0.39, 0.29) is 25.5 Å². The summed E-state index contributed by atoms with van der Waals surface area (Å²) in [4.78, 5) is 39.7. The molecular formula is C27H32N2O5. The molecule has 1 aliphatic heterocycles. The molecule has 0 spiro atoms. The lowest BCUT2D eigenvalue weighted by Crippen LogP contribution is -2.48. The zero-order valence-corrected chi connectivity index (χ0v) is 19.9. The highest BCUT2D eigenvalue weighted by Gasteiger charge is 2.45. The van der Waals surface area contributed by atoms with Gasteiger partial charge >= 0.3 is 12.2 Å². The number of carbonyl (C=O) groups excluding carboxylic acids is 3. The number of ether oxygens (including phenoxy) is 2. The second kappa shape index (κ2) is 11.0. The van der Waals surface area contributed by atoms with Gasteiger partial charge in [-0.05, 0) is 38.3 Å². The van der Waals surface area contributed by atoms with Gasteiger partial charge in [-0.1, -0.05) is 66.7 Å². The van der Waals surface area contributed by atoms with E-state index in [0.29, 0.717) is 0 Å². The number of nitrogens with zero attached hydrogens (tertiary/aromatic N) is 1. The van der Waals surface area contributed by atoms with Crippen LogP contribution in [0.5, 0.6) is 0 Å². The van der Waals surface area contributed by atoms with Crippen LogP contribution in [0, 0.1) is 5.92 Å². The lowest BCUT2D eigenvalue weighted by Gasteiger charge is -2.31. The number of hydrogen-bond donors (Lipinski definition) is 1. The van der Waals surface area contributed by atoms with Crippen molar-refractivity contribution < 1.29 is 23.9 Å². The van der Waals surface area contributed by atoms with E-state index in [9.17, 15) is 14.4 Å². The van der Waals surface area contributed by atoms with Crippen molar-refractivity contribution in [2.24, 2.45) is 5.92 Å². The molecule has 3 amide bonds. The Morgan fingerprint density at radius 3 is 2.18 bits per heavy atom. The Balaban J connectivity index is 1.87. The van der Waals surface area contributed by atoms with E-state index < -0.39 is 35.7 Å². The van der Waals surface area contributed by atoms with E-state index >= 15 is 0 Å². The molecule has 1 saturated heterocycles. The van der Waals surface area contributed by atoms with Gasteiger partial charge in [0.1, 0.15) is 12.2 Å². The maximum Gasteiger partial charge on any atom is 0.417 e. The van der Waals surface area contributed by atoms with Gasteiger partial charge in [0.2, 0.25) is 5.91 Å². The van der Waals surface area contributed by atoms with Crippen molar-refractivity contribution in [1.82, 2.24) is 10.2 Å². The average molecular weight is 465 g/mol. The maximum atomic E-state index is 13.6. The van der Waals surface area contributed by atoms with E-state index in [1.54, 1.807) is 26.8 Å². The lowest BCUT2D eigenvalue weighted by atomic mass is 9.84. The van der Waals surface area contributed by atoms with Gasteiger partial charge in [0, 0.05) is 12.5 Å². The minimum Gasteiger partial charge on any atom is -0.447 e. The normalized spacial score (nSPS) is 16.6. The summed E-state index contributed by atoms with van der Waals surface area (Å²) in [5, 5.41) is 2.64. The van der Waals surface area contributed by atoms with Gasteiger partial charge in [0.05, 0.1) is 12.0 Å². The summed E-state index contributed by atoms with van der Waals surface area (Å²) >= 11 is 0. The highest BCUT2D eigenvalue weighted by molar-refractivity contribution is 5.95. The number of imide groups is 1. The molecule has 7 heteroatoms. The molecule has 1 heterocycles. The Kier molecular flexibility index (Phi) is 8.10. The second-order valence-electron chi connectivity index (χ2n) is 9.26. The molecule has 2 aromatic rings. The van der Waals surface area contributed by atoms with E-state index in [4.69, 9.17) is 9.47 Å². The molecular weight excluding hydrogens is 432 g/mol. The van der Waals surface area contributed by atoms with Gasteiger partial charge in [0.15, 0.2) is 0 Å². The quantitative estimate of drug-likeness (QED) is 0.563. The van der Waals surface area contributed by atoms with E-state index in [1.807, 2.05) is 60.7 Å². The third-order valence-corrected chi connectivity index (χ3v) is 5.54. The number of cyclic esters (lactones) is 1. The summed E-state index contributed by atoms with van der Waals surface area (Å²) < 4.78 is 10.6. The molecule has 180 valence electrons. The lowest BCUT2D eigenvalue weighted by molar-refractivity contribution is -0.133. The number of rotatable bonds is 8. The van der Waals surface area contributed by atoms with Crippen LogP contribution >= 0.6 is 0 Å². The molecule has 0 bridgehead atoms. The first kappa shape index (κ1) is 25.0. The zero-order chi connectivity index (χ0) is 24.7. The van der Waals surface area contributed by atoms with E-state index in [1.165, 1.54) is 4.90 Å². The molecule has 2 atom stereocenters. The fourth-order valence-electron chi connectivity index (χ4n) is 4.08. The molecule has 1 aliphatic rings. The van der Waals surface area contributed by atoms with Gasteiger partial charge < -0.3 is 14.8 Å². The Morgan fingerprint density at radius 1 is 1.12 bits per heavy atom. The van der Waals surface area contributed by atoms with Crippen molar-refractivity contribution in [3.05, 3.63) is 84.4 Å². The summed E-state index contributed by atoms with van der Waals surface area (Å²) in [5.74, 6) is -1.37. The van der Waals surface area contributed by atoms with E-state index in [2.05, 4.69) is 11.9 Å². The van der Waals surface area contributed by atoms with Crippen molar-refractivity contribution in [3.8, 4) is 0 Å². The summed E-state index contributed by atoms with van der Waals surface area (Å²) in [6, 6.07) is 19.0. The predicted octanol–water partition coefficient (Wildman–Crippen LogP) is 4.88. The van der Waals surface area contributed by atoms with Crippen LogP contribution in [-0.2, 0) is 14.3 Å². The van der Waals surface area contributed by atoms with Crippen LogP contribution in [0.3, 0.4) is 0 Å². The number of benzene rings is 2. The summed E-state index contributed by atoms with van der Waals surface area (Å²) in [6.07, 6.45) is 0.577. The fourth-order valence-corrected chi connectivity index (χ4v) is 4.08. The van der Waals surface area contributed by atoms with Gasteiger partial charge in [-0.25, -0.2) is 14.5 Å². The molecule has 1 N–H and O–H groups in total. The van der Waals surface area contributed by atoms with Crippen LogP contribution in [0.15, 0.2) is 73.3 Å². The molecule has 0 aromatic heterocycles. The van der Waals surface area contributed by atoms with Crippen LogP contribution in [0.2, 0.25) is 0 Å². The smallest absolute Gasteiger partial charge is 0.417 e. The monoisotopic (exact) mass is 464 g/mol. The number of amides is 3. The Bertz CT molecular complexity index is 961. The molecule has 0 unspecified atom stereocenters. The number of allylic oxidation sites excluding steroid dienone is 1. The highest BCUT2D eigenvalue weighted by Crippen LogP contribution is 2.35. The van der Waals surface area contributed by atoms with Crippen molar-refractivity contribution in [1.29, 1.82) is 0 Å². The average Bonchev–Trinajstić information content (AvgIpc) is 3.17. The first-order chi connectivity index (χ1) is 16.2. The first-order valence-corrected chi connectivity index (χ1v) is 11.4. The number of nitrogens with one attached hydrogen (secondary N) is 1. The van der Waals surface area contributed by atoms with E-state index in [0.717, 1.165) is 11.1 Å². The topological polar surface area (TPSA) is 84.9 Å². The van der Waals surface area contributed by atoms with Gasteiger partial charge in [0.25, 0.3) is 0 Å². The molecule has 0 aliphatic carbocycles. The van der Waals surface area contributed by atoms with Crippen LogP contribution < -0.4 is 5.32 Å². The molecule has 3 rings (SSSR count). The number of carbonyl (C=O) groups is 3. The summed E-state index contributed by atoms with van der Waals surface area (Å²) in [6.45, 7) is 9.11. The highest BCUT2D eigenvalue weighted by atomic mass is 16.6. The van der Waals surface area contributed by atoms with Gasteiger partial charge in [-0.15, -0.1) is 6.58 Å². The molecule has 0 saturated carbocycles. The Labute approximate surface area is 200 Å². The van der Waals surface area contributed by atoms with Gasteiger partial charge in [-0.3, -0.25) is 4.79 Å². The van der Waals surface area contributed by atoms with Crippen molar-refractivity contribution in [2.75, 3.05) is 13.2 Å². The minimum atomic E-state index is -0.689. The zero-order valence-electron chi connectivity index (χ0n) is 19.9. The number of hydrogen-bond acceptors (Lipinski definition) is 5. The SMILES string of the molecule is C=CC[C@@H](CNC(=O)OC(C)(C)C)C(=O)N1C(=O)OC[C@H]1C(c1ccccc1)c1ccccc1. The van der Waals surface area contributed by atoms with Crippen molar-refractivity contribution >= 4 is 18.1 Å². The predicted molar refractivity (Wildman–Crippen MR) is 129 cm³/mol. The third kappa shape index (κ3) is 6.25. The molecule has 2 aromatic carbocycles. The van der Waals surface area contributed by atoms with Crippen molar-refractivity contribution in [3.63, 3.8) is 0 Å². The largest absolute Gasteiger partial charge is 0.447 e. The van der Waals surface area contributed by atoms with Crippen LogP contribution in [0.1, 0.15) is 44.2 Å². The molecule has 7 nitrogen and oxygen atoms in total. The first-order valence-electron chi connectivity index (χ1n) is 11.4. The summed E-state index contributed by atoms with van der Waals surface area (Å²) in [5.41, 5.74) is 1.29.